The molecule has 0 radical (unpaired) electrons. The van der Waals surface area contributed by atoms with Crippen LogP contribution in [0.25, 0.3) is 11.5 Å². The van der Waals surface area contributed by atoms with Gasteiger partial charge in [-0.1, -0.05) is 0 Å². The van der Waals surface area contributed by atoms with Crippen molar-refractivity contribution in [2.45, 2.75) is 25.3 Å². The second-order valence-corrected chi connectivity index (χ2v) is 8.71. The number of hydrogen-bond donors (Lipinski definition) is 1. The molecule has 0 aliphatic carbocycles. The number of rotatable bonds is 6. The van der Waals surface area contributed by atoms with Crippen molar-refractivity contribution in [3.8, 4) is 11.5 Å². The lowest BCUT2D eigenvalue weighted by Gasteiger charge is -2.16. The highest BCUT2D eigenvalue weighted by Gasteiger charge is 2.19. The number of sulfonamides is 1. The summed E-state index contributed by atoms with van der Waals surface area (Å²) in [6.45, 7) is 3.98. The number of halogens is 1. The van der Waals surface area contributed by atoms with Crippen LogP contribution in [0.3, 0.4) is 0 Å². The van der Waals surface area contributed by atoms with Gasteiger partial charge < -0.3 is 9.73 Å². The van der Waals surface area contributed by atoms with Crippen LogP contribution < -0.4 is 5.32 Å². The van der Waals surface area contributed by atoms with Gasteiger partial charge in [0.2, 0.25) is 21.8 Å². The monoisotopic (exact) mass is 404 g/mol. The van der Waals surface area contributed by atoms with Crippen molar-refractivity contribution in [2.75, 3.05) is 19.4 Å². The summed E-state index contributed by atoms with van der Waals surface area (Å²) in [5.41, 5.74) is 3.06. The molecule has 148 valence electrons. The Morgan fingerprint density at radius 2 is 1.79 bits per heavy atom. The first-order chi connectivity index (χ1) is 13.2. The maximum atomic E-state index is 13.0. The van der Waals surface area contributed by atoms with Crippen LogP contribution in [-0.4, -0.2) is 37.0 Å². The largest absolute Gasteiger partial charge is 0.419 e. The molecule has 0 aliphatic heterocycles. The third-order valence-electron chi connectivity index (χ3n) is 4.41. The second kappa shape index (κ2) is 7.69. The molecule has 3 rings (SSSR count). The first-order valence-corrected chi connectivity index (χ1v) is 9.98. The Morgan fingerprint density at radius 1 is 1.11 bits per heavy atom. The van der Waals surface area contributed by atoms with Crippen molar-refractivity contribution in [3.05, 3.63) is 59.2 Å². The number of hydrogen-bond acceptors (Lipinski definition) is 6. The van der Waals surface area contributed by atoms with E-state index in [0.29, 0.717) is 17.1 Å². The van der Waals surface area contributed by atoms with Crippen molar-refractivity contribution in [1.82, 2.24) is 14.5 Å². The van der Waals surface area contributed by atoms with Gasteiger partial charge in [0, 0.05) is 25.3 Å². The zero-order valence-corrected chi connectivity index (χ0v) is 16.8. The lowest BCUT2D eigenvalue weighted by atomic mass is 10.1. The van der Waals surface area contributed by atoms with Gasteiger partial charge in [-0.15, -0.1) is 10.2 Å². The summed E-state index contributed by atoms with van der Waals surface area (Å²) in [6, 6.07) is 9.00. The van der Waals surface area contributed by atoms with E-state index in [9.17, 15) is 12.8 Å². The molecule has 0 unspecified atom stereocenters. The average molecular weight is 404 g/mol. The van der Waals surface area contributed by atoms with E-state index in [1.54, 1.807) is 24.3 Å². The molecule has 2 aromatic carbocycles. The minimum Gasteiger partial charge on any atom is -0.419 e. The van der Waals surface area contributed by atoms with Gasteiger partial charge in [0.25, 0.3) is 0 Å². The summed E-state index contributed by atoms with van der Waals surface area (Å²) in [5.74, 6) is 0.273. The fourth-order valence-corrected chi connectivity index (χ4v) is 3.59. The molecular weight excluding hydrogens is 383 g/mol. The van der Waals surface area contributed by atoms with E-state index in [1.807, 2.05) is 13.8 Å². The summed E-state index contributed by atoms with van der Waals surface area (Å²) < 4.78 is 44.7. The van der Waals surface area contributed by atoms with E-state index in [2.05, 4.69) is 15.5 Å². The Labute approximate surface area is 163 Å². The van der Waals surface area contributed by atoms with E-state index in [1.165, 1.54) is 30.5 Å². The Kier molecular flexibility index (Phi) is 5.48. The van der Waals surface area contributed by atoms with Crippen molar-refractivity contribution >= 4 is 15.7 Å². The van der Waals surface area contributed by atoms with Crippen LogP contribution in [0.15, 0.2) is 45.7 Å². The smallest absolute Gasteiger partial charge is 0.247 e. The molecule has 0 saturated heterocycles. The maximum absolute atomic E-state index is 13.0. The summed E-state index contributed by atoms with van der Waals surface area (Å²) in [5, 5.41) is 11.1. The molecule has 0 atom stereocenters. The van der Waals surface area contributed by atoms with Gasteiger partial charge in [-0.2, -0.15) is 0 Å². The van der Waals surface area contributed by atoms with E-state index in [0.717, 1.165) is 11.1 Å². The second-order valence-electron chi connectivity index (χ2n) is 6.56. The maximum Gasteiger partial charge on any atom is 0.247 e. The number of anilines is 1. The molecule has 1 aromatic heterocycles. The van der Waals surface area contributed by atoms with Gasteiger partial charge >= 0.3 is 0 Å². The average Bonchev–Trinajstić information content (AvgIpc) is 3.12. The fourth-order valence-electron chi connectivity index (χ4n) is 2.57. The molecule has 0 spiro atoms. The van der Waals surface area contributed by atoms with Crippen LogP contribution >= 0.6 is 0 Å². The molecule has 0 saturated carbocycles. The summed E-state index contributed by atoms with van der Waals surface area (Å²) in [6.07, 6.45) is 0. The standard InChI is InChI=1S/C19H21FN4O3S/c1-12-9-16(28(25,26)24(3)4)10-17(13(12)2)21-11-18-22-23-19(27-18)14-5-7-15(20)8-6-14/h5-10,21H,11H2,1-4H3. The Balaban J connectivity index is 1.81. The zero-order chi connectivity index (χ0) is 20.5. The molecule has 3 aromatic rings. The van der Waals surface area contributed by atoms with Gasteiger partial charge in [0.1, 0.15) is 5.82 Å². The topological polar surface area (TPSA) is 88.3 Å². The van der Waals surface area contributed by atoms with E-state index >= 15 is 0 Å². The summed E-state index contributed by atoms with van der Waals surface area (Å²) in [4.78, 5) is 0.209. The number of aryl methyl sites for hydroxylation is 1. The highest BCUT2D eigenvalue weighted by molar-refractivity contribution is 7.89. The minimum absolute atomic E-state index is 0.209. The Morgan fingerprint density at radius 3 is 2.43 bits per heavy atom. The minimum atomic E-state index is -3.55. The van der Waals surface area contributed by atoms with Gasteiger partial charge in [0.05, 0.1) is 11.4 Å². The third-order valence-corrected chi connectivity index (χ3v) is 6.20. The molecule has 0 fully saturated rings. The van der Waals surface area contributed by atoms with Gasteiger partial charge in [0.15, 0.2) is 0 Å². The third kappa shape index (κ3) is 4.05. The number of benzene rings is 2. The van der Waals surface area contributed by atoms with Gasteiger partial charge in [-0.05, 0) is 61.4 Å². The molecule has 7 nitrogen and oxygen atoms in total. The lowest BCUT2D eigenvalue weighted by molar-refractivity contribution is 0.514. The van der Waals surface area contributed by atoms with E-state index in [4.69, 9.17) is 4.42 Å². The molecule has 1 N–H and O–H groups in total. The highest BCUT2D eigenvalue weighted by atomic mass is 32.2. The van der Waals surface area contributed by atoms with Crippen LogP contribution in [0.5, 0.6) is 0 Å². The predicted octanol–water partition coefficient (Wildman–Crippen LogP) is 3.35. The molecule has 0 aliphatic rings. The zero-order valence-electron chi connectivity index (χ0n) is 16.0. The molecular formula is C19H21FN4O3S. The number of aromatic nitrogens is 2. The van der Waals surface area contributed by atoms with Gasteiger partial charge in [-0.3, -0.25) is 0 Å². The predicted molar refractivity (Wildman–Crippen MR) is 104 cm³/mol. The molecule has 0 bridgehead atoms. The fraction of sp³-hybridized carbons (Fsp3) is 0.263. The first-order valence-electron chi connectivity index (χ1n) is 8.54. The van der Waals surface area contributed by atoms with Crippen LogP contribution in [-0.2, 0) is 16.6 Å². The number of nitrogens with zero attached hydrogens (tertiary/aromatic N) is 3. The van der Waals surface area contributed by atoms with Crippen molar-refractivity contribution < 1.29 is 17.2 Å². The Bertz CT molecular complexity index is 1090. The summed E-state index contributed by atoms with van der Waals surface area (Å²) >= 11 is 0. The van der Waals surface area contributed by atoms with Gasteiger partial charge in [-0.25, -0.2) is 17.1 Å². The van der Waals surface area contributed by atoms with Crippen molar-refractivity contribution in [3.63, 3.8) is 0 Å². The van der Waals surface area contributed by atoms with Crippen LogP contribution in [0.4, 0.5) is 10.1 Å². The van der Waals surface area contributed by atoms with Crippen LogP contribution in [0.2, 0.25) is 0 Å². The number of nitrogens with one attached hydrogen (secondary N) is 1. The molecule has 28 heavy (non-hydrogen) atoms. The first kappa shape index (κ1) is 20.0. The summed E-state index contributed by atoms with van der Waals surface area (Å²) in [7, 11) is -0.560. The van der Waals surface area contributed by atoms with Crippen LogP contribution in [0, 0.1) is 19.7 Å². The molecule has 9 heteroatoms. The van der Waals surface area contributed by atoms with Crippen LogP contribution in [0.1, 0.15) is 17.0 Å². The quantitative estimate of drug-likeness (QED) is 0.678. The molecule has 1 heterocycles. The normalized spacial score (nSPS) is 11.8. The van der Waals surface area contributed by atoms with Crippen molar-refractivity contribution in [2.24, 2.45) is 0 Å². The lowest BCUT2D eigenvalue weighted by Crippen LogP contribution is -2.22. The van der Waals surface area contributed by atoms with E-state index in [-0.39, 0.29) is 23.1 Å². The highest BCUT2D eigenvalue weighted by Crippen LogP contribution is 2.26. The molecule has 0 amide bonds. The Hall–Kier alpha value is -2.78. The van der Waals surface area contributed by atoms with E-state index < -0.39 is 10.0 Å². The van der Waals surface area contributed by atoms with Crippen molar-refractivity contribution in [1.29, 1.82) is 0 Å². The SMILES string of the molecule is Cc1cc(S(=O)(=O)N(C)C)cc(NCc2nnc(-c3ccc(F)cc3)o2)c1C.